The Bertz CT molecular complexity index is 892. The Balaban J connectivity index is 1.36. The summed E-state index contributed by atoms with van der Waals surface area (Å²) in [5, 5.41) is 4.01. The van der Waals surface area contributed by atoms with E-state index < -0.39 is 0 Å². The molecule has 2 aliphatic rings. The van der Waals surface area contributed by atoms with Gasteiger partial charge in [-0.25, -0.2) is 0 Å². The number of carbonyl (C=O) groups excluding carboxylic acids is 2. The Morgan fingerprint density at radius 2 is 1.73 bits per heavy atom. The van der Waals surface area contributed by atoms with E-state index in [0.717, 1.165) is 50.2 Å². The van der Waals surface area contributed by atoms with Crippen molar-refractivity contribution < 1.29 is 14.1 Å². The molecule has 2 fully saturated rings. The summed E-state index contributed by atoms with van der Waals surface area (Å²) in [4.78, 5) is 34.0. The van der Waals surface area contributed by atoms with Crippen LogP contribution < -0.4 is 0 Å². The van der Waals surface area contributed by atoms with E-state index in [4.69, 9.17) is 4.52 Å². The molecule has 7 heteroatoms. The first-order chi connectivity index (χ1) is 14.6. The lowest BCUT2D eigenvalue weighted by Crippen LogP contribution is -2.38. The first kappa shape index (κ1) is 20.6. The lowest BCUT2D eigenvalue weighted by Gasteiger charge is -2.32. The predicted molar refractivity (Wildman–Crippen MR) is 112 cm³/mol. The second kappa shape index (κ2) is 8.98. The van der Waals surface area contributed by atoms with E-state index in [2.05, 4.69) is 10.1 Å². The molecule has 30 heavy (non-hydrogen) atoms. The fourth-order valence-corrected chi connectivity index (χ4v) is 4.52. The SMILES string of the molecule is CCc1noc(C)c1C(=O)N1CCC(c2ccc(C(=O)N3CCCCC3)cn2)CC1. The number of likely N-dealkylation sites (tertiary alicyclic amines) is 2. The molecule has 0 unspecified atom stereocenters. The van der Waals surface area contributed by atoms with Crippen LogP contribution in [-0.2, 0) is 6.42 Å². The average Bonchev–Trinajstić information content (AvgIpc) is 3.19. The average molecular weight is 411 g/mol. The molecule has 4 heterocycles. The van der Waals surface area contributed by atoms with E-state index in [1.807, 2.05) is 28.9 Å². The van der Waals surface area contributed by atoms with Crippen LogP contribution in [0.4, 0.5) is 0 Å². The molecular formula is C23H30N4O3. The number of carbonyl (C=O) groups is 2. The fourth-order valence-electron chi connectivity index (χ4n) is 4.52. The quantitative estimate of drug-likeness (QED) is 0.770. The monoisotopic (exact) mass is 410 g/mol. The van der Waals surface area contributed by atoms with Crippen molar-refractivity contribution in [3.8, 4) is 0 Å². The molecule has 4 rings (SSSR count). The molecule has 2 amide bonds. The van der Waals surface area contributed by atoms with E-state index >= 15 is 0 Å². The second-order valence-electron chi connectivity index (χ2n) is 8.31. The van der Waals surface area contributed by atoms with Crippen LogP contribution in [0.5, 0.6) is 0 Å². The van der Waals surface area contributed by atoms with E-state index in [1.54, 1.807) is 13.1 Å². The first-order valence-electron chi connectivity index (χ1n) is 11.1. The van der Waals surface area contributed by atoms with E-state index in [0.29, 0.717) is 42.3 Å². The number of rotatable bonds is 4. The molecule has 0 aliphatic carbocycles. The maximum absolute atomic E-state index is 12.9. The number of hydrogen-bond acceptors (Lipinski definition) is 5. The van der Waals surface area contributed by atoms with Crippen molar-refractivity contribution in [2.45, 2.75) is 58.3 Å². The molecule has 0 spiro atoms. The third kappa shape index (κ3) is 4.11. The number of pyridine rings is 1. The van der Waals surface area contributed by atoms with Gasteiger partial charge in [-0.05, 0) is 57.6 Å². The summed E-state index contributed by atoms with van der Waals surface area (Å²) in [5.41, 5.74) is 3.03. The number of nitrogens with zero attached hydrogens (tertiary/aromatic N) is 4. The van der Waals surface area contributed by atoms with Crippen molar-refractivity contribution in [1.29, 1.82) is 0 Å². The Morgan fingerprint density at radius 1 is 1.03 bits per heavy atom. The standard InChI is InChI=1S/C23H30N4O3/c1-3-19-21(16(2)30-25-19)23(29)27-13-9-17(10-14-27)20-8-7-18(15-24-20)22(28)26-11-5-4-6-12-26/h7-8,15,17H,3-6,9-14H2,1-2H3. The summed E-state index contributed by atoms with van der Waals surface area (Å²) in [6.45, 7) is 6.84. The molecule has 2 aliphatic heterocycles. The van der Waals surface area contributed by atoms with Crippen LogP contribution in [-0.4, -0.2) is 57.9 Å². The molecule has 0 radical (unpaired) electrons. The van der Waals surface area contributed by atoms with Crippen LogP contribution in [0.25, 0.3) is 0 Å². The Kier molecular flexibility index (Phi) is 6.16. The molecule has 2 saturated heterocycles. The largest absolute Gasteiger partial charge is 0.361 e. The van der Waals surface area contributed by atoms with Crippen molar-refractivity contribution in [2.75, 3.05) is 26.2 Å². The molecule has 0 aromatic carbocycles. The molecule has 7 nitrogen and oxygen atoms in total. The van der Waals surface area contributed by atoms with Crippen LogP contribution >= 0.6 is 0 Å². The van der Waals surface area contributed by atoms with Crippen molar-refractivity contribution in [3.05, 3.63) is 46.6 Å². The van der Waals surface area contributed by atoms with Gasteiger partial charge in [0.2, 0.25) is 0 Å². The van der Waals surface area contributed by atoms with Gasteiger partial charge in [-0.15, -0.1) is 0 Å². The highest BCUT2D eigenvalue weighted by Gasteiger charge is 2.29. The summed E-state index contributed by atoms with van der Waals surface area (Å²) < 4.78 is 5.22. The third-order valence-corrected chi connectivity index (χ3v) is 6.36. The molecule has 160 valence electrons. The van der Waals surface area contributed by atoms with Crippen LogP contribution in [0, 0.1) is 6.92 Å². The van der Waals surface area contributed by atoms with Gasteiger partial charge in [0.15, 0.2) is 0 Å². The Labute approximate surface area is 177 Å². The summed E-state index contributed by atoms with van der Waals surface area (Å²) in [6.07, 6.45) is 7.51. The maximum atomic E-state index is 12.9. The van der Waals surface area contributed by atoms with E-state index in [-0.39, 0.29) is 11.8 Å². The highest BCUT2D eigenvalue weighted by atomic mass is 16.5. The van der Waals surface area contributed by atoms with Crippen molar-refractivity contribution in [1.82, 2.24) is 19.9 Å². The van der Waals surface area contributed by atoms with Crippen LogP contribution in [0.2, 0.25) is 0 Å². The second-order valence-corrected chi connectivity index (χ2v) is 8.31. The van der Waals surface area contributed by atoms with Crippen molar-refractivity contribution >= 4 is 11.8 Å². The number of aryl methyl sites for hydroxylation is 2. The van der Waals surface area contributed by atoms with Gasteiger partial charge in [0.25, 0.3) is 11.8 Å². The molecule has 0 N–H and O–H groups in total. The van der Waals surface area contributed by atoms with Crippen LogP contribution in [0.15, 0.2) is 22.9 Å². The minimum absolute atomic E-state index is 0.0134. The lowest BCUT2D eigenvalue weighted by atomic mass is 9.92. The molecule has 0 atom stereocenters. The zero-order valence-electron chi connectivity index (χ0n) is 17.9. The normalized spacial score (nSPS) is 17.9. The molecule has 2 aromatic rings. The minimum atomic E-state index is 0.0134. The smallest absolute Gasteiger partial charge is 0.259 e. The van der Waals surface area contributed by atoms with Gasteiger partial charge in [0.05, 0.1) is 11.3 Å². The Hall–Kier alpha value is -2.70. The van der Waals surface area contributed by atoms with Gasteiger partial charge in [-0.3, -0.25) is 14.6 Å². The van der Waals surface area contributed by atoms with Crippen molar-refractivity contribution in [3.63, 3.8) is 0 Å². The summed E-state index contributed by atoms with van der Waals surface area (Å²) in [7, 11) is 0. The highest BCUT2D eigenvalue weighted by molar-refractivity contribution is 5.96. The zero-order chi connectivity index (χ0) is 21.1. The van der Waals surface area contributed by atoms with Gasteiger partial charge in [-0.2, -0.15) is 0 Å². The number of aromatic nitrogens is 2. The maximum Gasteiger partial charge on any atom is 0.259 e. The molecule has 2 aromatic heterocycles. The number of piperidine rings is 2. The fraction of sp³-hybridized carbons (Fsp3) is 0.565. The van der Waals surface area contributed by atoms with Gasteiger partial charge in [0, 0.05) is 44.0 Å². The first-order valence-corrected chi connectivity index (χ1v) is 11.1. The summed E-state index contributed by atoms with van der Waals surface area (Å²) >= 11 is 0. The van der Waals surface area contributed by atoms with Crippen LogP contribution in [0.1, 0.15) is 82.8 Å². The topological polar surface area (TPSA) is 79.5 Å². The predicted octanol–water partition coefficient (Wildman–Crippen LogP) is 3.59. The molecule has 0 saturated carbocycles. The lowest BCUT2D eigenvalue weighted by molar-refractivity contribution is 0.0704. The van der Waals surface area contributed by atoms with Crippen molar-refractivity contribution in [2.24, 2.45) is 0 Å². The summed E-state index contributed by atoms with van der Waals surface area (Å²) in [5.74, 6) is 1.00. The third-order valence-electron chi connectivity index (χ3n) is 6.36. The molecular weight excluding hydrogens is 380 g/mol. The summed E-state index contributed by atoms with van der Waals surface area (Å²) in [6, 6.07) is 3.89. The highest BCUT2D eigenvalue weighted by Crippen LogP contribution is 2.28. The number of hydrogen-bond donors (Lipinski definition) is 0. The van der Waals surface area contributed by atoms with E-state index in [1.165, 1.54) is 6.42 Å². The van der Waals surface area contributed by atoms with E-state index in [9.17, 15) is 9.59 Å². The number of amides is 2. The zero-order valence-corrected chi connectivity index (χ0v) is 17.9. The molecule has 0 bridgehead atoms. The minimum Gasteiger partial charge on any atom is -0.361 e. The van der Waals surface area contributed by atoms with Gasteiger partial charge in [0.1, 0.15) is 11.3 Å². The van der Waals surface area contributed by atoms with Gasteiger partial charge < -0.3 is 14.3 Å². The van der Waals surface area contributed by atoms with Crippen LogP contribution in [0.3, 0.4) is 0 Å². The Morgan fingerprint density at radius 3 is 2.37 bits per heavy atom. The van der Waals surface area contributed by atoms with Gasteiger partial charge in [-0.1, -0.05) is 12.1 Å². The van der Waals surface area contributed by atoms with Gasteiger partial charge >= 0.3 is 0 Å².